The molecule has 0 bridgehead atoms. The highest BCUT2D eigenvalue weighted by Gasteiger charge is 2.32. The van der Waals surface area contributed by atoms with Crippen molar-refractivity contribution in [2.75, 3.05) is 20.1 Å². The molecule has 0 spiro atoms. The first-order chi connectivity index (χ1) is 7.04. The molecular weight excluding hydrogens is 206 g/mol. The van der Waals surface area contributed by atoms with E-state index in [1.54, 1.807) is 0 Å². The lowest BCUT2D eigenvalue weighted by Crippen LogP contribution is -2.39. The average molecular weight is 222 g/mol. The molecule has 2 N–H and O–H groups in total. The standard InChI is InChI=1S/C9H16F2N2O2/c1-13(5-8(10)11)9(14)7-3-2-6(4-12)15-7/h6-8H,2-5,12H2,1H3. The summed E-state index contributed by atoms with van der Waals surface area (Å²) in [4.78, 5) is 12.6. The second-order valence-corrected chi connectivity index (χ2v) is 3.67. The van der Waals surface area contributed by atoms with E-state index >= 15 is 0 Å². The highest BCUT2D eigenvalue weighted by Crippen LogP contribution is 2.20. The summed E-state index contributed by atoms with van der Waals surface area (Å²) in [6.45, 7) is -0.186. The molecular formula is C9H16F2N2O2. The molecule has 2 atom stereocenters. The Labute approximate surface area is 87.4 Å². The summed E-state index contributed by atoms with van der Waals surface area (Å²) in [5, 5.41) is 0. The second kappa shape index (κ2) is 5.37. The maximum absolute atomic E-state index is 12.0. The van der Waals surface area contributed by atoms with E-state index in [2.05, 4.69) is 0 Å². The van der Waals surface area contributed by atoms with E-state index in [-0.39, 0.29) is 12.0 Å². The minimum atomic E-state index is -2.51. The van der Waals surface area contributed by atoms with Crippen molar-refractivity contribution in [3.05, 3.63) is 0 Å². The summed E-state index contributed by atoms with van der Waals surface area (Å²) in [7, 11) is 1.35. The first-order valence-electron chi connectivity index (χ1n) is 4.93. The van der Waals surface area contributed by atoms with E-state index in [9.17, 15) is 13.6 Å². The Morgan fingerprint density at radius 3 is 2.73 bits per heavy atom. The third-order valence-corrected chi connectivity index (χ3v) is 2.43. The van der Waals surface area contributed by atoms with Gasteiger partial charge in [0.2, 0.25) is 0 Å². The maximum atomic E-state index is 12.0. The molecule has 0 radical (unpaired) electrons. The zero-order valence-electron chi connectivity index (χ0n) is 8.66. The molecule has 1 saturated heterocycles. The van der Waals surface area contributed by atoms with Crippen LogP contribution in [0.5, 0.6) is 0 Å². The third-order valence-electron chi connectivity index (χ3n) is 2.43. The molecule has 88 valence electrons. The van der Waals surface area contributed by atoms with Crippen LogP contribution in [0.2, 0.25) is 0 Å². The Hall–Kier alpha value is -0.750. The van der Waals surface area contributed by atoms with Crippen molar-refractivity contribution < 1.29 is 18.3 Å². The number of rotatable bonds is 4. The molecule has 1 aliphatic heterocycles. The number of likely N-dealkylation sites (N-methyl/N-ethyl adjacent to an activating group) is 1. The van der Waals surface area contributed by atoms with Crippen LogP contribution in [0.25, 0.3) is 0 Å². The SMILES string of the molecule is CN(CC(F)F)C(=O)C1CCC(CN)O1. The lowest BCUT2D eigenvalue weighted by molar-refractivity contribution is -0.143. The van der Waals surface area contributed by atoms with E-state index in [1.165, 1.54) is 7.05 Å². The Morgan fingerprint density at radius 1 is 1.60 bits per heavy atom. The topological polar surface area (TPSA) is 55.6 Å². The smallest absolute Gasteiger partial charge is 0.255 e. The zero-order valence-corrected chi connectivity index (χ0v) is 8.66. The number of carbonyl (C=O) groups excluding carboxylic acids is 1. The molecule has 0 aliphatic carbocycles. The molecule has 4 nitrogen and oxygen atoms in total. The fraction of sp³-hybridized carbons (Fsp3) is 0.889. The molecule has 2 unspecified atom stereocenters. The Bertz CT molecular complexity index is 226. The summed E-state index contributed by atoms with van der Waals surface area (Å²) in [5.74, 6) is -0.383. The number of carbonyl (C=O) groups is 1. The van der Waals surface area contributed by atoms with Gasteiger partial charge in [-0.3, -0.25) is 4.79 Å². The molecule has 0 aromatic rings. The molecule has 15 heavy (non-hydrogen) atoms. The maximum Gasteiger partial charge on any atom is 0.255 e. The molecule has 1 aliphatic rings. The van der Waals surface area contributed by atoms with Gasteiger partial charge in [-0.15, -0.1) is 0 Å². The average Bonchev–Trinajstić information content (AvgIpc) is 2.63. The summed E-state index contributed by atoms with van der Waals surface area (Å²) in [5.41, 5.74) is 5.38. The van der Waals surface area contributed by atoms with E-state index < -0.39 is 19.1 Å². The van der Waals surface area contributed by atoms with Crippen molar-refractivity contribution in [1.29, 1.82) is 0 Å². The van der Waals surface area contributed by atoms with Gasteiger partial charge < -0.3 is 15.4 Å². The van der Waals surface area contributed by atoms with E-state index in [1.807, 2.05) is 0 Å². The number of amides is 1. The lowest BCUT2D eigenvalue weighted by atomic mass is 10.2. The fourth-order valence-corrected chi connectivity index (χ4v) is 1.60. The lowest BCUT2D eigenvalue weighted by Gasteiger charge is -2.20. The van der Waals surface area contributed by atoms with Gasteiger partial charge in [-0.25, -0.2) is 8.78 Å². The van der Waals surface area contributed by atoms with Gasteiger partial charge in [-0.2, -0.15) is 0 Å². The van der Waals surface area contributed by atoms with Gasteiger partial charge >= 0.3 is 0 Å². The number of nitrogens with zero attached hydrogens (tertiary/aromatic N) is 1. The third kappa shape index (κ3) is 3.39. The van der Waals surface area contributed by atoms with Crippen LogP contribution in [0.4, 0.5) is 8.78 Å². The van der Waals surface area contributed by atoms with Crippen LogP contribution in [-0.2, 0) is 9.53 Å². The molecule has 0 aromatic carbocycles. The van der Waals surface area contributed by atoms with Gasteiger partial charge in [-0.05, 0) is 12.8 Å². The highest BCUT2D eigenvalue weighted by atomic mass is 19.3. The molecule has 1 fully saturated rings. The number of nitrogens with two attached hydrogens (primary N) is 1. The minimum absolute atomic E-state index is 0.112. The number of halogens is 2. The van der Waals surface area contributed by atoms with E-state index in [0.29, 0.717) is 13.0 Å². The van der Waals surface area contributed by atoms with Gasteiger partial charge in [0.1, 0.15) is 6.10 Å². The summed E-state index contributed by atoms with van der Waals surface area (Å²) in [6.07, 6.45) is -1.93. The van der Waals surface area contributed by atoms with Gasteiger partial charge in [0.05, 0.1) is 12.6 Å². The van der Waals surface area contributed by atoms with Gasteiger partial charge in [0.25, 0.3) is 12.3 Å². The van der Waals surface area contributed by atoms with Crippen molar-refractivity contribution in [1.82, 2.24) is 4.90 Å². The summed E-state index contributed by atoms with van der Waals surface area (Å²) >= 11 is 0. The minimum Gasteiger partial charge on any atom is -0.364 e. The van der Waals surface area contributed by atoms with Crippen molar-refractivity contribution in [3.8, 4) is 0 Å². The quantitative estimate of drug-likeness (QED) is 0.740. The van der Waals surface area contributed by atoms with Crippen molar-refractivity contribution >= 4 is 5.91 Å². The molecule has 0 saturated carbocycles. The van der Waals surface area contributed by atoms with Crippen LogP contribution < -0.4 is 5.73 Å². The van der Waals surface area contributed by atoms with Crippen LogP contribution in [0, 0.1) is 0 Å². The first-order valence-corrected chi connectivity index (χ1v) is 4.93. The van der Waals surface area contributed by atoms with Gasteiger partial charge in [0, 0.05) is 13.6 Å². The van der Waals surface area contributed by atoms with Crippen LogP contribution in [0.15, 0.2) is 0 Å². The molecule has 0 aromatic heterocycles. The largest absolute Gasteiger partial charge is 0.364 e. The molecule has 6 heteroatoms. The van der Waals surface area contributed by atoms with Crippen molar-refractivity contribution in [2.24, 2.45) is 5.73 Å². The van der Waals surface area contributed by atoms with Gasteiger partial charge in [-0.1, -0.05) is 0 Å². The van der Waals surface area contributed by atoms with Crippen molar-refractivity contribution in [2.45, 2.75) is 31.5 Å². The number of alkyl halides is 2. The summed E-state index contributed by atoms with van der Waals surface area (Å²) < 4.78 is 29.4. The van der Waals surface area contributed by atoms with Crippen LogP contribution in [0.1, 0.15) is 12.8 Å². The van der Waals surface area contributed by atoms with E-state index in [0.717, 1.165) is 11.3 Å². The van der Waals surface area contributed by atoms with Crippen LogP contribution >= 0.6 is 0 Å². The zero-order chi connectivity index (χ0) is 11.4. The van der Waals surface area contributed by atoms with Gasteiger partial charge in [0.15, 0.2) is 0 Å². The highest BCUT2D eigenvalue weighted by molar-refractivity contribution is 5.80. The predicted molar refractivity (Wildman–Crippen MR) is 50.6 cm³/mol. The summed E-state index contributed by atoms with van der Waals surface area (Å²) in [6, 6.07) is 0. The Balaban J connectivity index is 2.40. The molecule has 1 amide bonds. The first kappa shape index (κ1) is 12.3. The second-order valence-electron chi connectivity index (χ2n) is 3.67. The normalized spacial score (nSPS) is 25.9. The van der Waals surface area contributed by atoms with E-state index in [4.69, 9.17) is 10.5 Å². The Kier molecular flexibility index (Phi) is 4.41. The van der Waals surface area contributed by atoms with Crippen LogP contribution in [0.3, 0.4) is 0 Å². The number of hydrogen-bond acceptors (Lipinski definition) is 3. The Morgan fingerprint density at radius 2 is 2.27 bits per heavy atom. The fourth-order valence-electron chi connectivity index (χ4n) is 1.60. The number of ether oxygens (including phenoxy) is 1. The number of hydrogen-bond donors (Lipinski definition) is 1. The predicted octanol–water partition coefficient (Wildman–Crippen LogP) is 0.216. The molecule has 1 heterocycles. The van der Waals surface area contributed by atoms with Crippen LogP contribution in [-0.4, -0.2) is 49.6 Å². The monoisotopic (exact) mass is 222 g/mol. The van der Waals surface area contributed by atoms with Crippen molar-refractivity contribution in [3.63, 3.8) is 0 Å². The molecule has 1 rings (SSSR count).